The van der Waals surface area contributed by atoms with Crippen molar-refractivity contribution in [1.29, 1.82) is 0 Å². The van der Waals surface area contributed by atoms with Gasteiger partial charge < -0.3 is 19.9 Å². The maximum absolute atomic E-state index is 5.69. The SMILES string of the molecule is COc1ccc(-c2cnc(N)cc2C)c(OC)c1OC. The lowest BCUT2D eigenvalue weighted by atomic mass is 10.0. The number of rotatable bonds is 4. The van der Waals surface area contributed by atoms with Gasteiger partial charge in [0.2, 0.25) is 5.75 Å². The average Bonchev–Trinajstić information content (AvgIpc) is 2.45. The summed E-state index contributed by atoms with van der Waals surface area (Å²) in [6.07, 6.45) is 1.73. The van der Waals surface area contributed by atoms with Gasteiger partial charge in [0.15, 0.2) is 11.5 Å². The summed E-state index contributed by atoms with van der Waals surface area (Å²) in [4.78, 5) is 4.14. The van der Waals surface area contributed by atoms with Crippen molar-refractivity contribution in [1.82, 2.24) is 4.98 Å². The maximum Gasteiger partial charge on any atom is 0.203 e. The number of aromatic nitrogens is 1. The van der Waals surface area contributed by atoms with Crippen molar-refractivity contribution < 1.29 is 14.2 Å². The van der Waals surface area contributed by atoms with E-state index in [0.717, 1.165) is 16.7 Å². The summed E-state index contributed by atoms with van der Waals surface area (Å²) in [5, 5.41) is 0. The van der Waals surface area contributed by atoms with E-state index in [4.69, 9.17) is 19.9 Å². The molecule has 1 aromatic carbocycles. The van der Waals surface area contributed by atoms with Crippen molar-refractivity contribution in [2.75, 3.05) is 27.1 Å². The monoisotopic (exact) mass is 274 g/mol. The van der Waals surface area contributed by atoms with Crippen LogP contribution in [0.3, 0.4) is 0 Å². The number of aryl methyl sites for hydroxylation is 1. The fourth-order valence-electron chi connectivity index (χ4n) is 2.17. The van der Waals surface area contributed by atoms with Gasteiger partial charge >= 0.3 is 0 Å². The fraction of sp³-hybridized carbons (Fsp3) is 0.267. The number of hydrogen-bond donors (Lipinski definition) is 1. The molecule has 0 radical (unpaired) electrons. The topological polar surface area (TPSA) is 66.6 Å². The second-order valence-electron chi connectivity index (χ2n) is 4.31. The van der Waals surface area contributed by atoms with Gasteiger partial charge in [0.05, 0.1) is 21.3 Å². The summed E-state index contributed by atoms with van der Waals surface area (Å²) < 4.78 is 16.2. The first-order valence-corrected chi connectivity index (χ1v) is 6.13. The Balaban J connectivity index is 2.68. The van der Waals surface area contributed by atoms with E-state index in [1.165, 1.54) is 0 Å². The third-order valence-corrected chi connectivity index (χ3v) is 3.13. The first-order valence-electron chi connectivity index (χ1n) is 6.13. The molecule has 0 aliphatic carbocycles. The zero-order chi connectivity index (χ0) is 14.7. The van der Waals surface area contributed by atoms with Crippen LogP contribution in [0.25, 0.3) is 11.1 Å². The van der Waals surface area contributed by atoms with Gasteiger partial charge in [-0.15, -0.1) is 0 Å². The predicted octanol–water partition coefficient (Wildman–Crippen LogP) is 2.67. The van der Waals surface area contributed by atoms with Crippen molar-refractivity contribution >= 4 is 5.82 Å². The molecular weight excluding hydrogens is 256 g/mol. The van der Waals surface area contributed by atoms with E-state index >= 15 is 0 Å². The Bertz CT molecular complexity index is 627. The molecule has 5 nitrogen and oxygen atoms in total. The Kier molecular flexibility index (Phi) is 3.98. The number of pyridine rings is 1. The van der Waals surface area contributed by atoms with E-state index in [1.54, 1.807) is 27.5 Å². The van der Waals surface area contributed by atoms with Crippen LogP contribution < -0.4 is 19.9 Å². The number of nitrogens with two attached hydrogens (primary N) is 1. The molecule has 0 spiro atoms. The molecule has 5 heteroatoms. The first kappa shape index (κ1) is 14.0. The molecule has 0 unspecified atom stereocenters. The van der Waals surface area contributed by atoms with Crippen LogP contribution in [0.15, 0.2) is 24.4 Å². The normalized spacial score (nSPS) is 10.2. The number of nitrogen functional groups attached to an aromatic ring is 1. The first-order chi connectivity index (χ1) is 9.62. The summed E-state index contributed by atoms with van der Waals surface area (Å²) in [5.74, 6) is 2.28. The van der Waals surface area contributed by atoms with Crippen molar-refractivity contribution in [3.8, 4) is 28.4 Å². The molecule has 0 fully saturated rings. The molecule has 0 atom stereocenters. The highest BCUT2D eigenvalue weighted by Gasteiger charge is 2.18. The smallest absolute Gasteiger partial charge is 0.203 e. The van der Waals surface area contributed by atoms with Crippen molar-refractivity contribution in [3.63, 3.8) is 0 Å². The van der Waals surface area contributed by atoms with Crippen LogP contribution in [0, 0.1) is 6.92 Å². The van der Waals surface area contributed by atoms with E-state index in [9.17, 15) is 0 Å². The molecule has 0 aliphatic rings. The number of methoxy groups -OCH3 is 3. The molecule has 2 aromatic rings. The van der Waals surface area contributed by atoms with Gasteiger partial charge in [0, 0.05) is 17.3 Å². The van der Waals surface area contributed by atoms with Gasteiger partial charge in [-0.1, -0.05) is 0 Å². The molecule has 0 amide bonds. The van der Waals surface area contributed by atoms with Crippen molar-refractivity contribution in [2.45, 2.75) is 6.92 Å². The summed E-state index contributed by atoms with van der Waals surface area (Å²) in [5.41, 5.74) is 8.53. The average molecular weight is 274 g/mol. The Morgan fingerprint density at radius 1 is 0.950 bits per heavy atom. The lowest BCUT2D eigenvalue weighted by molar-refractivity contribution is 0.325. The Morgan fingerprint density at radius 3 is 2.20 bits per heavy atom. The van der Waals surface area contributed by atoms with Crippen LogP contribution in [0.2, 0.25) is 0 Å². The molecule has 106 valence electrons. The minimum Gasteiger partial charge on any atom is -0.493 e. The molecule has 0 aliphatic heterocycles. The minimum absolute atomic E-state index is 0.491. The molecule has 2 N–H and O–H groups in total. The number of anilines is 1. The highest BCUT2D eigenvalue weighted by molar-refractivity contribution is 5.78. The van der Waals surface area contributed by atoms with Crippen LogP contribution in [0.1, 0.15) is 5.56 Å². The van der Waals surface area contributed by atoms with Crippen LogP contribution >= 0.6 is 0 Å². The van der Waals surface area contributed by atoms with Crippen molar-refractivity contribution in [2.24, 2.45) is 0 Å². The van der Waals surface area contributed by atoms with E-state index in [1.807, 2.05) is 25.1 Å². The molecule has 1 aromatic heterocycles. The zero-order valence-corrected chi connectivity index (χ0v) is 12.1. The molecular formula is C15H18N2O3. The van der Waals surface area contributed by atoms with Crippen LogP contribution in [-0.2, 0) is 0 Å². The van der Waals surface area contributed by atoms with E-state index < -0.39 is 0 Å². The summed E-state index contributed by atoms with van der Waals surface area (Å²) in [6.45, 7) is 1.98. The quantitative estimate of drug-likeness (QED) is 0.928. The second-order valence-corrected chi connectivity index (χ2v) is 4.31. The third kappa shape index (κ3) is 2.34. The highest BCUT2D eigenvalue weighted by atomic mass is 16.5. The molecule has 2 rings (SSSR count). The number of benzene rings is 1. The van der Waals surface area contributed by atoms with Gasteiger partial charge in [-0.3, -0.25) is 0 Å². The fourth-order valence-corrected chi connectivity index (χ4v) is 2.17. The molecule has 0 bridgehead atoms. The van der Waals surface area contributed by atoms with Crippen LogP contribution in [0.5, 0.6) is 17.2 Å². The maximum atomic E-state index is 5.69. The van der Waals surface area contributed by atoms with Gasteiger partial charge in [0.25, 0.3) is 0 Å². The van der Waals surface area contributed by atoms with Crippen LogP contribution in [0.4, 0.5) is 5.82 Å². The predicted molar refractivity (Wildman–Crippen MR) is 78.5 cm³/mol. The lowest BCUT2D eigenvalue weighted by Gasteiger charge is -2.16. The Labute approximate surface area is 118 Å². The standard InChI is InChI=1S/C15H18N2O3/c1-9-7-13(16)17-8-11(9)10-5-6-12(18-2)15(20-4)14(10)19-3/h5-8H,1-4H3,(H2,16,17). The van der Waals surface area contributed by atoms with Gasteiger partial charge in [-0.05, 0) is 30.7 Å². The number of hydrogen-bond acceptors (Lipinski definition) is 5. The van der Waals surface area contributed by atoms with Crippen LogP contribution in [-0.4, -0.2) is 26.3 Å². The number of nitrogens with zero attached hydrogens (tertiary/aromatic N) is 1. The zero-order valence-electron chi connectivity index (χ0n) is 12.1. The van der Waals surface area contributed by atoms with E-state index in [-0.39, 0.29) is 0 Å². The number of ether oxygens (including phenoxy) is 3. The van der Waals surface area contributed by atoms with Crippen molar-refractivity contribution in [3.05, 3.63) is 30.0 Å². The molecule has 1 heterocycles. The van der Waals surface area contributed by atoms with E-state index in [0.29, 0.717) is 23.1 Å². The lowest BCUT2D eigenvalue weighted by Crippen LogP contribution is -1.98. The van der Waals surface area contributed by atoms with Gasteiger partial charge in [0.1, 0.15) is 5.82 Å². The highest BCUT2D eigenvalue weighted by Crippen LogP contribution is 2.44. The second kappa shape index (κ2) is 5.69. The summed E-state index contributed by atoms with van der Waals surface area (Å²) in [6, 6.07) is 5.58. The molecule has 20 heavy (non-hydrogen) atoms. The molecule has 0 saturated carbocycles. The Hall–Kier alpha value is -2.43. The Morgan fingerprint density at radius 2 is 1.65 bits per heavy atom. The van der Waals surface area contributed by atoms with Gasteiger partial charge in [-0.25, -0.2) is 4.98 Å². The largest absolute Gasteiger partial charge is 0.493 e. The summed E-state index contributed by atoms with van der Waals surface area (Å²) >= 11 is 0. The minimum atomic E-state index is 0.491. The van der Waals surface area contributed by atoms with E-state index in [2.05, 4.69) is 4.98 Å². The summed E-state index contributed by atoms with van der Waals surface area (Å²) in [7, 11) is 4.77. The molecule has 0 saturated heterocycles. The van der Waals surface area contributed by atoms with Gasteiger partial charge in [-0.2, -0.15) is 0 Å². The third-order valence-electron chi connectivity index (χ3n) is 3.13.